The molecule has 1 aliphatic carbocycles. The van der Waals surface area contributed by atoms with Crippen LogP contribution in [0.25, 0.3) is 0 Å². The maximum absolute atomic E-state index is 11.2. The van der Waals surface area contributed by atoms with E-state index in [0.29, 0.717) is 12.8 Å². The monoisotopic (exact) mass is 241 g/mol. The van der Waals surface area contributed by atoms with Crippen molar-refractivity contribution >= 4 is 5.97 Å². The molecule has 0 saturated heterocycles. The van der Waals surface area contributed by atoms with Crippen LogP contribution in [0.3, 0.4) is 0 Å². The Morgan fingerprint density at radius 1 is 0.765 bits per heavy atom. The van der Waals surface area contributed by atoms with Crippen LogP contribution in [-0.4, -0.2) is 16.6 Å². The van der Waals surface area contributed by atoms with Crippen LogP contribution in [0.2, 0.25) is 0 Å². The molecular weight excluding hydrogens is 214 g/mol. The molecule has 100 valence electrons. The fourth-order valence-electron chi connectivity index (χ4n) is 2.63. The smallest absolute Gasteiger partial charge is 0.323 e. The second-order valence-corrected chi connectivity index (χ2v) is 5.50. The number of rotatable bonds is 1. The second-order valence-electron chi connectivity index (χ2n) is 5.50. The number of hydrogen-bond donors (Lipinski definition) is 2. The van der Waals surface area contributed by atoms with Gasteiger partial charge in [0.1, 0.15) is 5.54 Å². The molecule has 0 aromatic rings. The van der Waals surface area contributed by atoms with E-state index in [2.05, 4.69) is 0 Å². The average molecular weight is 241 g/mol. The van der Waals surface area contributed by atoms with Gasteiger partial charge >= 0.3 is 5.97 Å². The molecule has 0 aromatic carbocycles. The molecule has 0 heterocycles. The number of carbonyl (C=O) groups is 1. The molecule has 0 aliphatic heterocycles. The second kappa shape index (κ2) is 7.70. The lowest BCUT2D eigenvalue weighted by Crippen LogP contribution is -2.47. The van der Waals surface area contributed by atoms with Crippen molar-refractivity contribution in [3.63, 3.8) is 0 Å². The molecule has 0 atom stereocenters. The van der Waals surface area contributed by atoms with Gasteiger partial charge in [0.25, 0.3) is 0 Å². The third-order valence-corrected chi connectivity index (χ3v) is 3.92. The first-order valence-corrected chi connectivity index (χ1v) is 7.17. The maximum Gasteiger partial charge on any atom is 0.323 e. The summed E-state index contributed by atoms with van der Waals surface area (Å²) in [4.78, 5) is 11.2. The molecule has 0 bridgehead atoms. The van der Waals surface area contributed by atoms with Gasteiger partial charge in [-0.15, -0.1) is 0 Å². The molecule has 0 radical (unpaired) electrons. The van der Waals surface area contributed by atoms with E-state index < -0.39 is 11.5 Å². The predicted molar refractivity (Wildman–Crippen MR) is 70.0 cm³/mol. The number of carboxylic acid groups (broad SMARTS) is 1. The van der Waals surface area contributed by atoms with Gasteiger partial charge in [0, 0.05) is 0 Å². The van der Waals surface area contributed by atoms with Crippen molar-refractivity contribution in [1.82, 2.24) is 0 Å². The van der Waals surface area contributed by atoms with E-state index in [1.165, 1.54) is 38.5 Å². The van der Waals surface area contributed by atoms with Gasteiger partial charge in [0.05, 0.1) is 0 Å². The van der Waals surface area contributed by atoms with Crippen LogP contribution in [0.1, 0.15) is 77.0 Å². The van der Waals surface area contributed by atoms with Gasteiger partial charge in [-0.1, -0.05) is 64.2 Å². The zero-order valence-corrected chi connectivity index (χ0v) is 10.9. The molecule has 0 aromatic heterocycles. The van der Waals surface area contributed by atoms with Crippen molar-refractivity contribution in [3.05, 3.63) is 0 Å². The van der Waals surface area contributed by atoms with Crippen molar-refractivity contribution in [2.24, 2.45) is 5.73 Å². The Balaban J connectivity index is 2.44. The van der Waals surface area contributed by atoms with Gasteiger partial charge in [-0.25, -0.2) is 0 Å². The van der Waals surface area contributed by atoms with Crippen LogP contribution in [0.15, 0.2) is 0 Å². The third kappa shape index (κ3) is 5.53. The Hall–Kier alpha value is -0.570. The molecule has 1 aliphatic rings. The summed E-state index contributed by atoms with van der Waals surface area (Å²) in [7, 11) is 0. The Bertz CT molecular complexity index is 214. The molecule has 3 heteroatoms. The quantitative estimate of drug-likeness (QED) is 0.739. The van der Waals surface area contributed by atoms with Crippen molar-refractivity contribution in [2.75, 3.05) is 0 Å². The van der Waals surface area contributed by atoms with Crippen LogP contribution < -0.4 is 5.73 Å². The number of nitrogens with two attached hydrogens (primary N) is 1. The molecule has 0 spiro atoms. The van der Waals surface area contributed by atoms with Crippen LogP contribution in [0.4, 0.5) is 0 Å². The summed E-state index contributed by atoms with van der Waals surface area (Å²) in [6.07, 6.45) is 13.2. The maximum atomic E-state index is 11.2. The Morgan fingerprint density at radius 2 is 1.06 bits per heavy atom. The van der Waals surface area contributed by atoms with E-state index in [9.17, 15) is 9.90 Å². The number of aliphatic carboxylic acids is 1. The van der Waals surface area contributed by atoms with Crippen LogP contribution >= 0.6 is 0 Å². The summed E-state index contributed by atoms with van der Waals surface area (Å²) in [5.41, 5.74) is 5.06. The fourth-order valence-corrected chi connectivity index (χ4v) is 2.63. The van der Waals surface area contributed by atoms with Gasteiger partial charge in [-0.2, -0.15) is 0 Å². The molecular formula is C14H27NO2. The van der Waals surface area contributed by atoms with E-state index >= 15 is 0 Å². The first-order chi connectivity index (χ1) is 8.15. The van der Waals surface area contributed by atoms with E-state index in [1.54, 1.807) is 0 Å². The number of carboxylic acids is 1. The highest BCUT2D eigenvalue weighted by atomic mass is 16.4. The summed E-state index contributed by atoms with van der Waals surface area (Å²) >= 11 is 0. The molecule has 1 fully saturated rings. The fraction of sp³-hybridized carbons (Fsp3) is 0.929. The first kappa shape index (κ1) is 14.5. The molecule has 17 heavy (non-hydrogen) atoms. The highest BCUT2D eigenvalue weighted by molar-refractivity contribution is 5.78. The summed E-state index contributed by atoms with van der Waals surface area (Å²) in [6, 6.07) is 0. The van der Waals surface area contributed by atoms with E-state index in [0.717, 1.165) is 25.7 Å². The van der Waals surface area contributed by atoms with Gasteiger partial charge < -0.3 is 10.8 Å². The molecule has 1 saturated carbocycles. The van der Waals surface area contributed by atoms with E-state index in [1.807, 2.05) is 0 Å². The first-order valence-electron chi connectivity index (χ1n) is 7.17. The summed E-state index contributed by atoms with van der Waals surface area (Å²) in [5, 5.41) is 9.23. The van der Waals surface area contributed by atoms with Crippen molar-refractivity contribution in [3.8, 4) is 0 Å². The van der Waals surface area contributed by atoms with Crippen molar-refractivity contribution in [2.45, 2.75) is 82.6 Å². The standard InChI is InChI=1S/C14H27NO2/c15-14(13(16)17)11-9-7-5-3-1-2-4-6-8-10-12-14/h1-12,15H2,(H,16,17). The molecule has 3 nitrogen and oxygen atoms in total. The lowest BCUT2D eigenvalue weighted by atomic mass is 9.87. The van der Waals surface area contributed by atoms with E-state index in [-0.39, 0.29) is 0 Å². The normalized spacial score (nSPS) is 24.1. The SMILES string of the molecule is NC1(C(=O)O)CCCCCCCCCCCC1. The average Bonchev–Trinajstić information content (AvgIpc) is 2.31. The Kier molecular flexibility index (Phi) is 6.56. The van der Waals surface area contributed by atoms with Crippen molar-refractivity contribution < 1.29 is 9.90 Å². The van der Waals surface area contributed by atoms with E-state index in [4.69, 9.17) is 5.73 Å². The lowest BCUT2D eigenvalue weighted by Gasteiger charge is -2.24. The molecule has 0 unspecified atom stereocenters. The topological polar surface area (TPSA) is 63.3 Å². The van der Waals surface area contributed by atoms with Crippen molar-refractivity contribution in [1.29, 1.82) is 0 Å². The predicted octanol–water partition coefficient (Wildman–Crippen LogP) is 3.46. The van der Waals surface area contributed by atoms with Gasteiger partial charge in [-0.3, -0.25) is 4.79 Å². The summed E-state index contributed by atoms with van der Waals surface area (Å²) in [5.74, 6) is -0.813. The third-order valence-electron chi connectivity index (χ3n) is 3.92. The number of hydrogen-bond acceptors (Lipinski definition) is 2. The minimum absolute atomic E-state index is 0.641. The molecule has 0 amide bonds. The van der Waals surface area contributed by atoms with Gasteiger partial charge in [0.15, 0.2) is 0 Å². The minimum atomic E-state index is -0.964. The minimum Gasteiger partial charge on any atom is -0.480 e. The largest absolute Gasteiger partial charge is 0.480 e. The van der Waals surface area contributed by atoms with Crippen LogP contribution in [0, 0.1) is 0 Å². The zero-order valence-electron chi connectivity index (χ0n) is 10.9. The van der Waals surface area contributed by atoms with Crippen LogP contribution in [-0.2, 0) is 4.79 Å². The lowest BCUT2D eigenvalue weighted by molar-refractivity contribution is -0.144. The zero-order chi connectivity index (χ0) is 12.6. The van der Waals surface area contributed by atoms with Crippen LogP contribution in [0.5, 0.6) is 0 Å². The Morgan fingerprint density at radius 3 is 1.35 bits per heavy atom. The van der Waals surface area contributed by atoms with Gasteiger partial charge in [0.2, 0.25) is 0 Å². The molecule has 1 rings (SSSR count). The highest BCUT2D eigenvalue weighted by Gasteiger charge is 2.32. The summed E-state index contributed by atoms with van der Waals surface area (Å²) < 4.78 is 0. The summed E-state index contributed by atoms with van der Waals surface area (Å²) in [6.45, 7) is 0. The molecule has 3 N–H and O–H groups in total. The Labute approximate surface area is 105 Å². The van der Waals surface area contributed by atoms with Gasteiger partial charge in [-0.05, 0) is 12.8 Å². The highest BCUT2D eigenvalue weighted by Crippen LogP contribution is 2.22.